The zero-order chi connectivity index (χ0) is 20.5. The summed E-state index contributed by atoms with van der Waals surface area (Å²) >= 11 is 3.39. The van der Waals surface area contributed by atoms with Crippen LogP contribution in [-0.2, 0) is 15.7 Å². The summed E-state index contributed by atoms with van der Waals surface area (Å²) in [5, 5.41) is 0. The molecular formula is C19H26BrN3O4S. The summed E-state index contributed by atoms with van der Waals surface area (Å²) in [5.41, 5.74) is 1.10. The Morgan fingerprint density at radius 3 is 2.71 bits per heavy atom. The van der Waals surface area contributed by atoms with E-state index in [1.165, 1.54) is 0 Å². The molecule has 0 unspecified atom stereocenters. The summed E-state index contributed by atoms with van der Waals surface area (Å²) in [6.07, 6.45) is 3.25. The van der Waals surface area contributed by atoms with Crippen LogP contribution in [0.25, 0.3) is 0 Å². The van der Waals surface area contributed by atoms with Crippen LogP contribution in [0.15, 0.2) is 21.3 Å². The molecular weight excluding hydrogens is 446 g/mol. The Kier molecular flexibility index (Phi) is 6.14. The van der Waals surface area contributed by atoms with E-state index in [2.05, 4.69) is 25.3 Å². The lowest BCUT2D eigenvalue weighted by Gasteiger charge is -2.44. The van der Waals surface area contributed by atoms with Crippen LogP contribution in [0, 0.1) is 0 Å². The molecule has 2 aliphatic rings. The molecule has 154 valence electrons. The maximum absolute atomic E-state index is 12.7. The average Bonchev–Trinajstić information content (AvgIpc) is 2.62. The Morgan fingerprint density at radius 1 is 1.43 bits per heavy atom. The van der Waals surface area contributed by atoms with Gasteiger partial charge in [-0.1, -0.05) is 0 Å². The highest BCUT2D eigenvalue weighted by atomic mass is 79.9. The number of pyridine rings is 1. The maximum Gasteiger partial charge on any atom is 0.409 e. The third-order valence-corrected chi connectivity index (χ3v) is 6.75. The molecule has 28 heavy (non-hydrogen) atoms. The number of nitrogens with zero attached hydrogens (tertiary/aromatic N) is 3. The van der Waals surface area contributed by atoms with Crippen molar-refractivity contribution in [3.05, 3.63) is 22.4 Å². The van der Waals surface area contributed by atoms with Gasteiger partial charge in [0.25, 0.3) is 0 Å². The molecule has 9 heteroatoms. The Hall–Kier alpha value is -1.48. The second-order valence-corrected chi connectivity index (χ2v) is 10.8. The van der Waals surface area contributed by atoms with E-state index < -0.39 is 21.3 Å². The Bertz CT molecular complexity index is 814. The minimum Gasteiger partial charge on any atom is -0.484 e. The number of piperidine rings is 1. The highest BCUT2D eigenvalue weighted by Crippen LogP contribution is 2.40. The summed E-state index contributed by atoms with van der Waals surface area (Å²) in [6.45, 7) is 8.98. The van der Waals surface area contributed by atoms with Gasteiger partial charge in [-0.3, -0.25) is 0 Å². The van der Waals surface area contributed by atoms with Gasteiger partial charge in [-0.05, 0) is 49.7 Å². The van der Waals surface area contributed by atoms with E-state index in [0.29, 0.717) is 49.3 Å². The highest BCUT2D eigenvalue weighted by molar-refractivity contribution is 9.10. The lowest BCUT2D eigenvalue weighted by Crippen LogP contribution is -2.52. The molecule has 1 amide bonds. The molecule has 0 radical (unpaired) electrons. The molecule has 1 atom stereocenters. The number of amides is 1. The van der Waals surface area contributed by atoms with E-state index >= 15 is 0 Å². The van der Waals surface area contributed by atoms with Gasteiger partial charge >= 0.3 is 6.09 Å². The number of likely N-dealkylation sites (tertiary alicyclic amines) is 1. The SMILES string of the molecule is CCOC(=O)N1CCC2(CC1)C/C(=N\[S@@](=O)C(C)(C)C)c1cc(Br)ncc1O2. The summed E-state index contributed by atoms with van der Waals surface area (Å²) in [7, 11) is -1.37. The minimum absolute atomic E-state index is 0.290. The van der Waals surface area contributed by atoms with Gasteiger partial charge in [0.1, 0.15) is 26.9 Å². The molecule has 3 heterocycles. The van der Waals surface area contributed by atoms with Crippen molar-refractivity contribution in [1.82, 2.24) is 9.88 Å². The normalized spacial score (nSPS) is 21.2. The van der Waals surface area contributed by atoms with E-state index in [9.17, 15) is 9.00 Å². The summed E-state index contributed by atoms with van der Waals surface area (Å²) in [6, 6.07) is 1.86. The quantitative estimate of drug-likeness (QED) is 0.611. The van der Waals surface area contributed by atoms with E-state index in [1.54, 1.807) is 18.0 Å². The van der Waals surface area contributed by atoms with E-state index in [-0.39, 0.29) is 6.09 Å². The molecule has 3 rings (SSSR count). The summed E-state index contributed by atoms with van der Waals surface area (Å²) in [4.78, 5) is 18.0. The molecule has 0 saturated carbocycles. The Labute approximate surface area is 176 Å². The van der Waals surface area contributed by atoms with Crippen LogP contribution in [0.4, 0.5) is 4.79 Å². The summed E-state index contributed by atoms with van der Waals surface area (Å²) < 4.78 is 29.0. The van der Waals surface area contributed by atoms with Crippen molar-refractivity contribution in [3.63, 3.8) is 0 Å². The molecule has 2 aliphatic heterocycles. The third kappa shape index (κ3) is 4.56. The topological polar surface area (TPSA) is 81.1 Å². The van der Waals surface area contributed by atoms with Gasteiger partial charge in [0.2, 0.25) is 0 Å². The van der Waals surface area contributed by atoms with Gasteiger partial charge in [-0.25, -0.2) is 14.0 Å². The van der Waals surface area contributed by atoms with Crippen molar-refractivity contribution in [3.8, 4) is 5.75 Å². The number of aromatic nitrogens is 1. The number of rotatable bonds is 2. The minimum atomic E-state index is -1.37. The maximum atomic E-state index is 12.7. The second-order valence-electron chi connectivity index (χ2n) is 8.05. The van der Waals surface area contributed by atoms with Gasteiger partial charge in [-0.15, -0.1) is 0 Å². The van der Waals surface area contributed by atoms with Gasteiger partial charge < -0.3 is 14.4 Å². The molecule has 0 aromatic carbocycles. The molecule has 0 N–H and O–H groups in total. The molecule has 0 bridgehead atoms. The van der Waals surface area contributed by atoms with Crippen LogP contribution >= 0.6 is 15.9 Å². The molecule has 1 spiro atoms. The second kappa shape index (κ2) is 8.10. The van der Waals surface area contributed by atoms with Crippen LogP contribution in [0.1, 0.15) is 52.5 Å². The molecule has 1 aromatic heterocycles. The van der Waals surface area contributed by atoms with Crippen molar-refractivity contribution in [2.45, 2.75) is 57.3 Å². The first-order valence-corrected chi connectivity index (χ1v) is 11.3. The number of halogens is 1. The van der Waals surface area contributed by atoms with Crippen molar-refractivity contribution >= 4 is 38.7 Å². The van der Waals surface area contributed by atoms with E-state index in [0.717, 1.165) is 11.3 Å². The largest absolute Gasteiger partial charge is 0.484 e. The molecule has 7 nitrogen and oxygen atoms in total. The highest BCUT2D eigenvalue weighted by Gasteiger charge is 2.43. The zero-order valence-electron chi connectivity index (χ0n) is 16.7. The first-order valence-electron chi connectivity index (χ1n) is 9.40. The van der Waals surface area contributed by atoms with Crippen LogP contribution in [0.2, 0.25) is 0 Å². The predicted molar refractivity (Wildman–Crippen MR) is 112 cm³/mol. The smallest absolute Gasteiger partial charge is 0.409 e. The van der Waals surface area contributed by atoms with Gasteiger partial charge in [0.05, 0.1) is 23.3 Å². The average molecular weight is 472 g/mol. The lowest BCUT2D eigenvalue weighted by molar-refractivity contribution is 0.00202. The molecule has 1 fully saturated rings. The van der Waals surface area contributed by atoms with Crippen LogP contribution in [0.3, 0.4) is 0 Å². The van der Waals surface area contributed by atoms with E-state index in [4.69, 9.17) is 9.47 Å². The number of hydrogen-bond donors (Lipinski definition) is 0. The van der Waals surface area contributed by atoms with Gasteiger partial charge in [-0.2, -0.15) is 4.40 Å². The monoisotopic (exact) mass is 471 g/mol. The Morgan fingerprint density at radius 2 is 2.11 bits per heavy atom. The first-order chi connectivity index (χ1) is 13.1. The van der Waals surface area contributed by atoms with Gasteiger partial charge in [0, 0.05) is 37.9 Å². The molecule has 1 aromatic rings. The van der Waals surface area contributed by atoms with Crippen molar-refractivity contribution in [2.75, 3.05) is 19.7 Å². The Balaban J connectivity index is 1.89. The predicted octanol–water partition coefficient (Wildman–Crippen LogP) is 3.87. The number of ether oxygens (including phenoxy) is 2. The number of fused-ring (bicyclic) bond motifs is 1. The zero-order valence-corrected chi connectivity index (χ0v) is 19.1. The first kappa shape index (κ1) is 21.2. The van der Waals surface area contributed by atoms with Crippen LogP contribution in [-0.4, -0.2) is 55.9 Å². The number of hydrogen-bond acceptors (Lipinski definition) is 5. The van der Waals surface area contributed by atoms with Crippen molar-refractivity contribution in [2.24, 2.45) is 4.40 Å². The fourth-order valence-corrected chi connectivity index (χ4v) is 4.27. The van der Waals surface area contributed by atoms with Gasteiger partial charge in [0.15, 0.2) is 0 Å². The van der Waals surface area contributed by atoms with Crippen molar-refractivity contribution < 1.29 is 18.5 Å². The third-order valence-electron chi connectivity index (χ3n) is 4.88. The lowest BCUT2D eigenvalue weighted by atomic mass is 9.82. The number of carbonyl (C=O) groups excluding carboxylic acids is 1. The summed E-state index contributed by atoms with van der Waals surface area (Å²) in [5.74, 6) is 0.642. The molecule has 1 saturated heterocycles. The number of carbonyl (C=O) groups is 1. The standard InChI is InChI=1S/C19H26BrN3O4S/c1-5-26-17(24)23-8-6-19(7-9-23)11-14(22-28(25)18(2,3)4)13-10-16(20)21-12-15(13)27-19/h10,12H,5-9,11H2,1-4H3/b22-14+/t28-/m0/s1. The van der Waals surface area contributed by atoms with E-state index in [1.807, 2.05) is 26.8 Å². The van der Waals surface area contributed by atoms with Crippen molar-refractivity contribution in [1.29, 1.82) is 0 Å². The van der Waals surface area contributed by atoms with Crippen LogP contribution < -0.4 is 4.74 Å². The fraction of sp³-hybridized carbons (Fsp3) is 0.632. The molecule has 0 aliphatic carbocycles. The fourth-order valence-electron chi connectivity index (χ4n) is 3.30. The van der Waals surface area contributed by atoms with Crippen LogP contribution in [0.5, 0.6) is 5.75 Å².